The second kappa shape index (κ2) is 12.4. The second-order valence-electron chi connectivity index (χ2n) is 5.06. The highest BCUT2D eigenvalue weighted by molar-refractivity contribution is 7.93. The monoisotopic (exact) mass is 416 g/mol. The fourth-order valence-corrected chi connectivity index (χ4v) is 4.50. The smallest absolute Gasteiger partial charge is 0.322 e. The molecule has 0 saturated heterocycles. The van der Waals surface area contributed by atoms with Crippen molar-refractivity contribution in [1.29, 1.82) is 0 Å². The van der Waals surface area contributed by atoms with Crippen LogP contribution in [0.2, 0.25) is 10.0 Å². The van der Waals surface area contributed by atoms with E-state index in [-0.39, 0.29) is 21.4 Å². The predicted octanol–water partition coefficient (Wildman–Crippen LogP) is 2.48. The number of hydrogen-bond donors (Lipinski definition) is 5. The van der Waals surface area contributed by atoms with Gasteiger partial charge in [-0.1, -0.05) is 42.5 Å². The van der Waals surface area contributed by atoms with Crippen molar-refractivity contribution in [1.82, 2.24) is 5.48 Å². The first-order valence-electron chi connectivity index (χ1n) is 7.35. The van der Waals surface area contributed by atoms with Crippen LogP contribution in [0.3, 0.4) is 0 Å². The first-order valence-corrected chi connectivity index (χ1v) is 9.65. The average molecular weight is 417 g/mol. The van der Waals surface area contributed by atoms with Crippen LogP contribution in [-0.4, -0.2) is 41.7 Å². The largest absolute Gasteiger partial charge is 0.480 e. The summed E-state index contributed by atoms with van der Waals surface area (Å²) in [4.78, 5) is 11.1. The van der Waals surface area contributed by atoms with Crippen LogP contribution in [0.15, 0.2) is 23.1 Å². The minimum Gasteiger partial charge on any atom is -0.480 e. The molecule has 0 spiro atoms. The Labute approximate surface area is 156 Å². The zero-order chi connectivity index (χ0) is 19.5. The van der Waals surface area contributed by atoms with E-state index < -0.39 is 21.1 Å². The Bertz CT molecular complexity index is 642. The first kappa shape index (κ1) is 24.1. The molecular formula is C14H22Cl2N2O6S. The summed E-state index contributed by atoms with van der Waals surface area (Å²) in [5.74, 6) is 2.10. The topological polar surface area (TPSA) is 150 Å². The van der Waals surface area contributed by atoms with Crippen LogP contribution in [0.1, 0.15) is 32.1 Å². The lowest BCUT2D eigenvalue weighted by atomic mass is 10.1. The van der Waals surface area contributed by atoms with Crippen molar-refractivity contribution in [2.45, 2.75) is 42.2 Å². The molecule has 144 valence electrons. The van der Waals surface area contributed by atoms with Gasteiger partial charge in [0.05, 0.1) is 9.92 Å². The van der Waals surface area contributed by atoms with Gasteiger partial charge in [-0.15, -0.1) is 0 Å². The summed E-state index contributed by atoms with van der Waals surface area (Å²) in [7, 11) is -4.12. The van der Waals surface area contributed by atoms with E-state index in [0.717, 1.165) is 12.8 Å². The molecule has 0 aromatic heterocycles. The average Bonchev–Trinajstić information content (AvgIpc) is 2.57. The third kappa shape index (κ3) is 7.87. The molecule has 11 heteroatoms. The Morgan fingerprint density at radius 2 is 1.76 bits per heavy atom. The Morgan fingerprint density at radius 3 is 2.32 bits per heavy atom. The van der Waals surface area contributed by atoms with E-state index in [1.807, 2.05) is 5.48 Å². The van der Waals surface area contributed by atoms with Gasteiger partial charge in [0.1, 0.15) is 0 Å². The highest BCUT2D eigenvalue weighted by Gasteiger charge is 2.35. The number of benzene rings is 1. The number of nitrogens with one attached hydrogen (secondary N) is 1. The van der Waals surface area contributed by atoms with Gasteiger partial charge in [-0.2, -0.15) is 0 Å². The van der Waals surface area contributed by atoms with E-state index in [4.69, 9.17) is 33.6 Å². The van der Waals surface area contributed by atoms with Crippen molar-refractivity contribution in [3.63, 3.8) is 0 Å². The van der Waals surface area contributed by atoms with Gasteiger partial charge in [-0.25, -0.2) is 19.8 Å². The summed E-state index contributed by atoms with van der Waals surface area (Å²) in [5, 5.41) is 22.8. The van der Waals surface area contributed by atoms with Crippen LogP contribution in [-0.2, 0) is 14.6 Å². The molecule has 1 aromatic rings. The summed E-state index contributed by atoms with van der Waals surface area (Å²) in [6.45, 7) is 0.443. The number of sulfone groups is 1. The van der Waals surface area contributed by atoms with Gasteiger partial charge >= 0.3 is 5.97 Å². The highest BCUT2D eigenvalue weighted by atomic mass is 35.5. The first-order chi connectivity index (χ1) is 11.8. The molecule has 0 aliphatic rings. The van der Waals surface area contributed by atoms with E-state index >= 15 is 0 Å². The fourth-order valence-electron chi connectivity index (χ4n) is 2.15. The van der Waals surface area contributed by atoms with Crippen molar-refractivity contribution in [3.05, 3.63) is 28.2 Å². The molecule has 1 rings (SSSR count). The lowest BCUT2D eigenvalue weighted by Crippen LogP contribution is -2.30. The molecule has 0 aliphatic heterocycles. The Balaban J connectivity index is 0.00000277. The maximum atomic E-state index is 12.5. The Kier molecular flexibility index (Phi) is 12.0. The third-order valence-corrected chi connectivity index (χ3v) is 6.17. The summed E-state index contributed by atoms with van der Waals surface area (Å²) >= 11 is 11.7. The molecule has 0 saturated carbocycles. The van der Waals surface area contributed by atoms with Gasteiger partial charge in [0.25, 0.3) is 0 Å². The second-order valence-corrected chi connectivity index (χ2v) is 8.00. The third-order valence-electron chi connectivity index (χ3n) is 3.35. The summed E-state index contributed by atoms with van der Waals surface area (Å²) in [6.07, 6.45) is 2.59. The molecule has 0 radical (unpaired) electrons. The molecule has 8 nitrogen and oxygen atoms in total. The van der Waals surface area contributed by atoms with Gasteiger partial charge in [0, 0.05) is 11.6 Å². The lowest BCUT2D eigenvalue weighted by molar-refractivity contribution is -0.136. The molecule has 6 N–H and O–H groups in total. The highest BCUT2D eigenvalue weighted by Crippen LogP contribution is 2.29. The summed E-state index contributed by atoms with van der Waals surface area (Å²) in [6, 6.07) is 3.94. The van der Waals surface area contributed by atoms with E-state index in [2.05, 4.69) is 5.90 Å². The number of halogens is 2. The van der Waals surface area contributed by atoms with Crippen LogP contribution < -0.4 is 11.4 Å². The molecule has 1 unspecified atom stereocenters. The molecule has 0 bridgehead atoms. The van der Waals surface area contributed by atoms with E-state index in [0.29, 0.717) is 19.4 Å². The fraction of sp³-hybridized carbons (Fsp3) is 0.500. The van der Waals surface area contributed by atoms with E-state index in [9.17, 15) is 18.3 Å². The van der Waals surface area contributed by atoms with Gasteiger partial charge in [-0.05, 0) is 31.0 Å². The van der Waals surface area contributed by atoms with E-state index in [1.54, 1.807) is 0 Å². The Hall–Kier alpha value is -0.940. The molecule has 25 heavy (non-hydrogen) atoms. The number of unbranched alkanes of at least 4 members (excludes halogenated alkanes) is 3. The summed E-state index contributed by atoms with van der Waals surface area (Å²) in [5.41, 5.74) is 2.03. The number of carbonyl (C=O) groups is 1. The minimum atomic E-state index is -4.12. The zero-order valence-corrected chi connectivity index (χ0v) is 15.7. The van der Waals surface area contributed by atoms with Crippen LogP contribution in [0.25, 0.3) is 0 Å². The number of hydrogen-bond acceptors (Lipinski definition) is 7. The SMILES string of the molecule is NO.O=C(O)C(CCCCCCNO)S(=O)(=O)c1cc(Cl)ccc1Cl. The number of aliphatic carboxylic acids is 1. The standard InChI is InChI=1S/C14H19Cl2NO5S.H3NO/c15-10-6-7-11(16)13(9-10)23(21,22)12(14(18)19)5-3-1-2-4-8-17-20;1-2/h6-7,9,12,17,20H,1-5,8H2,(H,18,19);2H,1H2. The lowest BCUT2D eigenvalue weighted by Gasteiger charge is -2.15. The van der Waals surface area contributed by atoms with Crippen molar-refractivity contribution < 1.29 is 28.7 Å². The van der Waals surface area contributed by atoms with Crippen LogP contribution in [0.4, 0.5) is 0 Å². The number of rotatable bonds is 10. The van der Waals surface area contributed by atoms with E-state index in [1.165, 1.54) is 18.2 Å². The number of carboxylic acid groups (broad SMARTS) is 1. The molecule has 0 aliphatic carbocycles. The van der Waals surface area contributed by atoms with Crippen molar-refractivity contribution in [2.24, 2.45) is 5.90 Å². The maximum absolute atomic E-state index is 12.5. The quantitative estimate of drug-likeness (QED) is 0.288. The van der Waals surface area contributed by atoms with Gasteiger partial charge in [0.2, 0.25) is 0 Å². The molecule has 0 heterocycles. The van der Waals surface area contributed by atoms with Crippen LogP contribution in [0, 0.1) is 0 Å². The molecule has 1 aromatic carbocycles. The van der Waals surface area contributed by atoms with Gasteiger partial charge < -0.3 is 15.5 Å². The molecule has 1 atom stereocenters. The normalized spacial score (nSPS) is 12.2. The minimum absolute atomic E-state index is 0.00688. The number of nitrogens with two attached hydrogens (primary N) is 1. The number of hydroxylamine groups is 1. The zero-order valence-electron chi connectivity index (χ0n) is 13.4. The predicted molar refractivity (Wildman–Crippen MR) is 93.9 cm³/mol. The molecule has 0 amide bonds. The maximum Gasteiger partial charge on any atom is 0.322 e. The number of carboxylic acids is 1. The van der Waals surface area contributed by atoms with Crippen LogP contribution in [0.5, 0.6) is 0 Å². The van der Waals surface area contributed by atoms with Crippen LogP contribution >= 0.6 is 23.2 Å². The van der Waals surface area contributed by atoms with Crippen molar-refractivity contribution >= 4 is 39.0 Å². The molecule has 0 fully saturated rings. The Morgan fingerprint density at radius 1 is 1.16 bits per heavy atom. The van der Waals surface area contributed by atoms with Gasteiger partial charge in [0.15, 0.2) is 15.1 Å². The van der Waals surface area contributed by atoms with Crippen molar-refractivity contribution in [3.8, 4) is 0 Å². The van der Waals surface area contributed by atoms with Gasteiger partial charge in [-0.3, -0.25) is 4.79 Å². The van der Waals surface area contributed by atoms with Crippen molar-refractivity contribution in [2.75, 3.05) is 6.54 Å². The molecular weight excluding hydrogens is 395 g/mol. The summed E-state index contributed by atoms with van der Waals surface area (Å²) < 4.78 is 25.1.